The molecule has 0 N–H and O–H groups in total. The predicted molar refractivity (Wildman–Crippen MR) is 60.8 cm³/mol. The normalized spacial score (nSPS) is 10.5. The first-order valence-corrected chi connectivity index (χ1v) is 5.93. The molecule has 0 bridgehead atoms. The molecule has 1 radical (unpaired) electrons. The molecule has 0 aromatic rings. The molecule has 0 saturated carbocycles. The molecule has 0 atom stereocenters. The molecule has 73 valence electrons. The number of hydrogen-bond acceptors (Lipinski definition) is 1. The van der Waals surface area contributed by atoms with Gasteiger partial charge in [-0.2, -0.15) is 12.6 Å². The van der Waals surface area contributed by atoms with Crippen LogP contribution in [0.4, 0.5) is 0 Å². The van der Waals surface area contributed by atoms with Gasteiger partial charge in [0.25, 0.3) is 0 Å². The molecule has 0 unspecified atom stereocenters. The van der Waals surface area contributed by atoms with E-state index in [0.717, 1.165) is 5.75 Å². The van der Waals surface area contributed by atoms with Crippen molar-refractivity contribution in [3.8, 4) is 0 Å². The summed E-state index contributed by atoms with van der Waals surface area (Å²) in [6.45, 7) is 2.15. The Morgan fingerprint density at radius 1 is 0.833 bits per heavy atom. The highest BCUT2D eigenvalue weighted by Crippen LogP contribution is 2.09. The Labute approximate surface area is 83.5 Å². The lowest BCUT2D eigenvalue weighted by Gasteiger charge is -1.99. The summed E-state index contributed by atoms with van der Waals surface area (Å²) in [6, 6.07) is 0. The van der Waals surface area contributed by atoms with E-state index in [9.17, 15) is 0 Å². The molecule has 0 aromatic carbocycles. The Balaban J connectivity index is 2.73. The van der Waals surface area contributed by atoms with E-state index >= 15 is 0 Å². The van der Waals surface area contributed by atoms with Crippen molar-refractivity contribution in [1.82, 2.24) is 0 Å². The summed E-state index contributed by atoms with van der Waals surface area (Å²) in [5, 5.41) is 0. The summed E-state index contributed by atoms with van der Waals surface area (Å²) in [5.41, 5.74) is 0. The second kappa shape index (κ2) is 11.4. The number of unbranched alkanes of at least 4 members (excludes halogenated alkanes) is 8. The summed E-state index contributed by atoms with van der Waals surface area (Å²) < 4.78 is 0. The van der Waals surface area contributed by atoms with Crippen molar-refractivity contribution in [2.24, 2.45) is 0 Å². The zero-order chi connectivity index (χ0) is 9.07. The van der Waals surface area contributed by atoms with Gasteiger partial charge in [-0.3, -0.25) is 0 Å². The van der Waals surface area contributed by atoms with Crippen LogP contribution in [0.3, 0.4) is 0 Å². The molecule has 1 heteroatoms. The van der Waals surface area contributed by atoms with Crippen LogP contribution in [0.1, 0.15) is 58.3 Å². The molecule has 0 heterocycles. The van der Waals surface area contributed by atoms with E-state index in [4.69, 9.17) is 0 Å². The van der Waals surface area contributed by atoms with Gasteiger partial charge in [0.2, 0.25) is 0 Å². The average Bonchev–Trinajstić information content (AvgIpc) is 2.10. The molecule has 0 aliphatic rings. The average molecular weight is 187 g/mol. The van der Waals surface area contributed by atoms with Crippen LogP contribution in [0.2, 0.25) is 0 Å². The van der Waals surface area contributed by atoms with E-state index in [0.29, 0.717) is 0 Å². The maximum absolute atomic E-state index is 4.19. The standard InChI is InChI=1S/C11H23S/c1-2-3-4-5-6-7-8-9-10-11-12/h2,12H,3-11H2,1H3. The van der Waals surface area contributed by atoms with E-state index < -0.39 is 0 Å². The van der Waals surface area contributed by atoms with Crippen LogP contribution in [0.15, 0.2) is 0 Å². The Bertz CT molecular complexity index is 61.4. The molecule has 0 amide bonds. The Morgan fingerprint density at radius 3 is 1.83 bits per heavy atom. The quantitative estimate of drug-likeness (QED) is 0.404. The van der Waals surface area contributed by atoms with E-state index in [1.807, 2.05) is 0 Å². The number of thiol groups is 1. The summed E-state index contributed by atoms with van der Waals surface area (Å²) >= 11 is 4.19. The number of rotatable bonds is 9. The fraction of sp³-hybridized carbons (Fsp3) is 0.909. The SMILES string of the molecule is C[CH]CCCCCCCCCS. The third kappa shape index (κ3) is 10.3. The molecule has 0 aliphatic heterocycles. The van der Waals surface area contributed by atoms with Gasteiger partial charge in [-0.05, 0) is 18.6 Å². The first-order chi connectivity index (χ1) is 5.91. The summed E-state index contributed by atoms with van der Waals surface area (Å²) in [6.07, 6.45) is 13.3. The van der Waals surface area contributed by atoms with Crippen LogP contribution in [0.25, 0.3) is 0 Å². The molecule has 0 aliphatic carbocycles. The molecule has 0 nitrogen and oxygen atoms in total. The molecule has 12 heavy (non-hydrogen) atoms. The Hall–Kier alpha value is 0.350. The van der Waals surface area contributed by atoms with Gasteiger partial charge in [0.1, 0.15) is 0 Å². The Kier molecular flexibility index (Phi) is 11.7. The minimum Gasteiger partial charge on any atom is -0.179 e. The molecule has 0 saturated heterocycles. The van der Waals surface area contributed by atoms with Crippen LogP contribution in [0.5, 0.6) is 0 Å². The van der Waals surface area contributed by atoms with E-state index in [2.05, 4.69) is 26.0 Å². The van der Waals surface area contributed by atoms with Crippen LogP contribution >= 0.6 is 12.6 Å². The lowest BCUT2D eigenvalue weighted by atomic mass is 10.1. The van der Waals surface area contributed by atoms with Crippen molar-refractivity contribution in [2.45, 2.75) is 58.3 Å². The van der Waals surface area contributed by atoms with Crippen molar-refractivity contribution < 1.29 is 0 Å². The van der Waals surface area contributed by atoms with Gasteiger partial charge < -0.3 is 0 Å². The van der Waals surface area contributed by atoms with Gasteiger partial charge in [-0.25, -0.2) is 0 Å². The topological polar surface area (TPSA) is 0 Å². The first-order valence-electron chi connectivity index (χ1n) is 5.30. The van der Waals surface area contributed by atoms with Crippen LogP contribution in [0, 0.1) is 6.42 Å². The molecule has 0 spiro atoms. The second-order valence-corrected chi connectivity index (χ2v) is 3.84. The van der Waals surface area contributed by atoms with Crippen molar-refractivity contribution in [3.05, 3.63) is 6.42 Å². The monoisotopic (exact) mass is 187 g/mol. The van der Waals surface area contributed by atoms with E-state index in [-0.39, 0.29) is 0 Å². The van der Waals surface area contributed by atoms with Crippen molar-refractivity contribution >= 4 is 12.6 Å². The third-order valence-corrected chi connectivity index (χ3v) is 2.47. The van der Waals surface area contributed by atoms with Gasteiger partial charge in [0.15, 0.2) is 0 Å². The molecule has 0 fully saturated rings. The number of hydrogen-bond donors (Lipinski definition) is 1. The minimum absolute atomic E-state index is 1.06. The summed E-state index contributed by atoms with van der Waals surface area (Å²) in [4.78, 5) is 0. The smallest absolute Gasteiger partial charge is 0.00979 e. The highest BCUT2D eigenvalue weighted by molar-refractivity contribution is 7.80. The van der Waals surface area contributed by atoms with Crippen LogP contribution < -0.4 is 0 Å². The van der Waals surface area contributed by atoms with Gasteiger partial charge >= 0.3 is 0 Å². The summed E-state index contributed by atoms with van der Waals surface area (Å²) in [5.74, 6) is 1.06. The van der Waals surface area contributed by atoms with Gasteiger partial charge in [-0.1, -0.05) is 51.9 Å². The highest BCUT2D eigenvalue weighted by Gasteiger charge is 1.90. The molecular weight excluding hydrogens is 164 g/mol. The molecular formula is C11H23S. The highest BCUT2D eigenvalue weighted by atomic mass is 32.1. The zero-order valence-electron chi connectivity index (χ0n) is 8.39. The first kappa shape index (κ1) is 12.3. The van der Waals surface area contributed by atoms with E-state index in [1.165, 1.54) is 51.4 Å². The zero-order valence-corrected chi connectivity index (χ0v) is 9.28. The van der Waals surface area contributed by atoms with Crippen molar-refractivity contribution in [2.75, 3.05) is 5.75 Å². The molecule has 0 aromatic heterocycles. The van der Waals surface area contributed by atoms with Crippen molar-refractivity contribution in [3.63, 3.8) is 0 Å². The summed E-state index contributed by atoms with van der Waals surface area (Å²) in [7, 11) is 0. The van der Waals surface area contributed by atoms with Crippen LogP contribution in [-0.4, -0.2) is 5.75 Å². The van der Waals surface area contributed by atoms with Crippen molar-refractivity contribution in [1.29, 1.82) is 0 Å². The maximum Gasteiger partial charge on any atom is -0.00979 e. The van der Waals surface area contributed by atoms with Gasteiger partial charge in [0, 0.05) is 0 Å². The van der Waals surface area contributed by atoms with E-state index in [1.54, 1.807) is 0 Å². The lowest BCUT2D eigenvalue weighted by Crippen LogP contribution is -1.81. The molecule has 0 rings (SSSR count). The van der Waals surface area contributed by atoms with Gasteiger partial charge in [-0.15, -0.1) is 0 Å². The lowest BCUT2D eigenvalue weighted by molar-refractivity contribution is 0.589. The predicted octanol–water partition coefficient (Wildman–Crippen LogP) is 4.26. The third-order valence-electron chi connectivity index (χ3n) is 2.15. The van der Waals surface area contributed by atoms with Crippen LogP contribution in [-0.2, 0) is 0 Å². The van der Waals surface area contributed by atoms with Gasteiger partial charge in [0.05, 0.1) is 0 Å². The maximum atomic E-state index is 4.19. The second-order valence-electron chi connectivity index (χ2n) is 3.40. The largest absolute Gasteiger partial charge is 0.179 e. The minimum atomic E-state index is 1.06. The Morgan fingerprint density at radius 2 is 1.33 bits per heavy atom. The fourth-order valence-electron chi connectivity index (χ4n) is 1.34. The fourth-order valence-corrected chi connectivity index (χ4v) is 1.57.